The van der Waals surface area contributed by atoms with E-state index in [1.165, 1.54) is 70.6 Å². The minimum absolute atomic E-state index is 0.0485. The molecule has 1 aliphatic rings. The van der Waals surface area contributed by atoms with E-state index in [1.807, 2.05) is 0 Å². The van der Waals surface area contributed by atoms with Crippen LogP contribution in [0.3, 0.4) is 0 Å². The van der Waals surface area contributed by atoms with Gasteiger partial charge in [0.15, 0.2) is 0 Å². The molecule has 1 aliphatic carbocycles. The number of carbonyl (C=O) groups is 2. The number of ether oxygens (including phenoxy) is 1. The summed E-state index contributed by atoms with van der Waals surface area (Å²) in [5.74, 6) is -0.346. The first-order chi connectivity index (χ1) is 15.4. The number of carbonyl (C=O) groups excluding carboxylic acids is 1. The Labute approximate surface area is 198 Å². The Morgan fingerprint density at radius 2 is 1.16 bits per heavy atom. The SMILES string of the molecule is CCCCCCCC(CCCCCCCCCC(C)C)OC(=O)C1CCC(C(=O)O)CC1. The van der Waals surface area contributed by atoms with Gasteiger partial charge in [-0.25, -0.2) is 0 Å². The monoisotopic (exact) mass is 452 g/mol. The Bertz CT molecular complexity index is 480. The van der Waals surface area contributed by atoms with Gasteiger partial charge in [-0.15, -0.1) is 0 Å². The maximum absolute atomic E-state index is 12.7. The predicted molar refractivity (Wildman–Crippen MR) is 133 cm³/mol. The molecule has 0 amide bonds. The number of rotatable bonds is 19. The van der Waals surface area contributed by atoms with Crippen molar-refractivity contribution in [2.24, 2.45) is 17.8 Å². The molecule has 1 N–H and O–H groups in total. The molecule has 0 radical (unpaired) electrons. The standard InChI is InChI=1S/C28H52O4/c1-4-5-6-10-14-17-26(18-15-12-9-7-8-11-13-16-23(2)3)32-28(31)25-21-19-24(20-22-25)27(29)30/h23-26H,4-22H2,1-3H3,(H,29,30). The summed E-state index contributed by atoms with van der Waals surface area (Å²) in [5.41, 5.74) is 0. The third-order valence-corrected chi connectivity index (χ3v) is 7.13. The Balaban J connectivity index is 2.29. The van der Waals surface area contributed by atoms with Crippen LogP contribution in [0.15, 0.2) is 0 Å². The summed E-state index contributed by atoms with van der Waals surface area (Å²) in [6.45, 7) is 6.83. The van der Waals surface area contributed by atoms with Crippen LogP contribution < -0.4 is 0 Å². The average molecular weight is 453 g/mol. The Morgan fingerprint density at radius 1 is 0.719 bits per heavy atom. The molecule has 1 atom stereocenters. The van der Waals surface area contributed by atoms with Gasteiger partial charge >= 0.3 is 11.9 Å². The molecule has 1 rings (SSSR count). The Hall–Kier alpha value is -1.06. The topological polar surface area (TPSA) is 63.6 Å². The summed E-state index contributed by atoms with van der Waals surface area (Å²) in [5, 5.41) is 9.17. The number of carboxylic acid groups (broad SMARTS) is 1. The van der Waals surface area contributed by atoms with Crippen LogP contribution in [0.25, 0.3) is 0 Å². The van der Waals surface area contributed by atoms with Crippen LogP contribution >= 0.6 is 0 Å². The van der Waals surface area contributed by atoms with Gasteiger partial charge in [0.05, 0.1) is 11.8 Å². The maximum atomic E-state index is 12.7. The van der Waals surface area contributed by atoms with E-state index < -0.39 is 5.97 Å². The third-order valence-electron chi connectivity index (χ3n) is 7.13. The molecule has 188 valence electrons. The second kappa shape index (κ2) is 18.4. The van der Waals surface area contributed by atoms with Gasteiger partial charge in [-0.05, 0) is 57.3 Å². The number of hydrogen-bond acceptors (Lipinski definition) is 3. The van der Waals surface area contributed by atoms with Gasteiger partial charge in [-0.2, -0.15) is 0 Å². The molecule has 0 aromatic heterocycles. The summed E-state index contributed by atoms with van der Waals surface area (Å²) >= 11 is 0. The van der Waals surface area contributed by atoms with E-state index in [1.54, 1.807) is 0 Å². The van der Waals surface area contributed by atoms with Gasteiger partial charge in [0, 0.05) is 0 Å². The second-order valence-electron chi connectivity index (χ2n) is 10.6. The van der Waals surface area contributed by atoms with Crippen LogP contribution in [0.1, 0.15) is 143 Å². The van der Waals surface area contributed by atoms with E-state index in [9.17, 15) is 14.7 Å². The third kappa shape index (κ3) is 14.2. The van der Waals surface area contributed by atoms with E-state index in [-0.39, 0.29) is 23.9 Å². The number of unbranched alkanes of at least 4 members (excludes halogenated alkanes) is 10. The van der Waals surface area contributed by atoms with Crippen molar-refractivity contribution in [2.75, 3.05) is 0 Å². The van der Waals surface area contributed by atoms with Gasteiger partial charge in [0.1, 0.15) is 6.10 Å². The van der Waals surface area contributed by atoms with Gasteiger partial charge in [-0.3, -0.25) is 9.59 Å². The molecule has 0 saturated heterocycles. The minimum atomic E-state index is -0.721. The van der Waals surface area contributed by atoms with Crippen molar-refractivity contribution in [2.45, 2.75) is 149 Å². The molecule has 0 bridgehead atoms. The number of carboxylic acids is 1. The highest BCUT2D eigenvalue weighted by molar-refractivity contribution is 5.74. The van der Waals surface area contributed by atoms with E-state index in [2.05, 4.69) is 20.8 Å². The van der Waals surface area contributed by atoms with Crippen molar-refractivity contribution in [1.29, 1.82) is 0 Å². The fourth-order valence-corrected chi connectivity index (χ4v) is 4.88. The predicted octanol–water partition coefficient (Wildman–Crippen LogP) is 8.32. The smallest absolute Gasteiger partial charge is 0.309 e. The summed E-state index contributed by atoms with van der Waals surface area (Å²) in [6.07, 6.45) is 21.1. The molecule has 0 aliphatic heterocycles. The van der Waals surface area contributed by atoms with Gasteiger partial charge in [0.2, 0.25) is 0 Å². The minimum Gasteiger partial charge on any atom is -0.481 e. The van der Waals surface area contributed by atoms with Crippen LogP contribution in [0, 0.1) is 17.8 Å². The second-order valence-corrected chi connectivity index (χ2v) is 10.6. The molecule has 1 fully saturated rings. The summed E-state index contributed by atoms with van der Waals surface area (Å²) in [7, 11) is 0. The van der Waals surface area contributed by atoms with Crippen molar-refractivity contribution in [3.05, 3.63) is 0 Å². The van der Waals surface area contributed by atoms with E-state index >= 15 is 0 Å². The molecule has 4 heteroatoms. The zero-order valence-corrected chi connectivity index (χ0v) is 21.4. The first kappa shape index (κ1) is 29.0. The van der Waals surface area contributed by atoms with Crippen molar-refractivity contribution >= 4 is 11.9 Å². The van der Waals surface area contributed by atoms with E-state index in [0.29, 0.717) is 25.7 Å². The van der Waals surface area contributed by atoms with Crippen molar-refractivity contribution in [3.63, 3.8) is 0 Å². The number of esters is 1. The van der Waals surface area contributed by atoms with Crippen LogP contribution in [-0.2, 0) is 14.3 Å². The first-order valence-corrected chi connectivity index (χ1v) is 13.9. The van der Waals surface area contributed by atoms with Crippen molar-refractivity contribution in [3.8, 4) is 0 Å². The molecule has 0 aromatic carbocycles. The zero-order valence-electron chi connectivity index (χ0n) is 21.4. The lowest BCUT2D eigenvalue weighted by atomic mass is 9.82. The summed E-state index contributed by atoms with van der Waals surface area (Å²) in [4.78, 5) is 23.9. The molecule has 1 saturated carbocycles. The van der Waals surface area contributed by atoms with E-state index in [4.69, 9.17) is 4.74 Å². The van der Waals surface area contributed by atoms with Crippen LogP contribution in [0.5, 0.6) is 0 Å². The normalized spacial score (nSPS) is 19.8. The lowest BCUT2D eigenvalue weighted by molar-refractivity contribution is -0.158. The lowest BCUT2D eigenvalue weighted by Crippen LogP contribution is -2.29. The molecular formula is C28H52O4. The highest BCUT2D eigenvalue weighted by Crippen LogP contribution is 2.30. The van der Waals surface area contributed by atoms with Gasteiger partial charge in [-0.1, -0.05) is 91.4 Å². The fourth-order valence-electron chi connectivity index (χ4n) is 4.88. The maximum Gasteiger partial charge on any atom is 0.309 e. The van der Waals surface area contributed by atoms with Crippen molar-refractivity contribution in [1.82, 2.24) is 0 Å². The lowest BCUT2D eigenvalue weighted by Gasteiger charge is -2.27. The number of hydrogen-bond donors (Lipinski definition) is 1. The molecule has 0 aromatic rings. The van der Waals surface area contributed by atoms with Gasteiger partial charge < -0.3 is 9.84 Å². The molecule has 1 unspecified atom stereocenters. The number of aliphatic carboxylic acids is 1. The van der Waals surface area contributed by atoms with Gasteiger partial charge in [0.25, 0.3) is 0 Å². The first-order valence-electron chi connectivity index (χ1n) is 13.9. The Kier molecular flexibility index (Phi) is 16.6. The molecule has 4 nitrogen and oxygen atoms in total. The molecule has 32 heavy (non-hydrogen) atoms. The van der Waals surface area contributed by atoms with Crippen LogP contribution in [0.4, 0.5) is 0 Å². The summed E-state index contributed by atoms with van der Waals surface area (Å²) in [6, 6.07) is 0. The summed E-state index contributed by atoms with van der Waals surface area (Å²) < 4.78 is 5.99. The van der Waals surface area contributed by atoms with E-state index in [0.717, 1.165) is 31.6 Å². The zero-order chi connectivity index (χ0) is 23.6. The van der Waals surface area contributed by atoms with Crippen molar-refractivity contribution < 1.29 is 19.4 Å². The molecular weight excluding hydrogens is 400 g/mol. The fraction of sp³-hybridized carbons (Fsp3) is 0.929. The average Bonchev–Trinajstić information content (AvgIpc) is 2.77. The molecule has 0 heterocycles. The highest BCUT2D eigenvalue weighted by Gasteiger charge is 2.31. The van der Waals surface area contributed by atoms with Crippen LogP contribution in [-0.4, -0.2) is 23.1 Å². The quantitative estimate of drug-likeness (QED) is 0.158. The Morgan fingerprint density at radius 3 is 1.62 bits per heavy atom. The molecule has 0 spiro atoms. The highest BCUT2D eigenvalue weighted by atomic mass is 16.5. The van der Waals surface area contributed by atoms with Crippen LogP contribution in [0.2, 0.25) is 0 Å². The largest absolute Gasteiger partial charge is 0.481 e.